The number of hydrogen-bond acceptors (Lipinski definition) is 7. The highest BCUT2D eigenvalue weighted by Crippen LogP contribution is 2.29. The second-order valence-electron chi connectivity index (χ2n) is 8.84. The van der Waals surface area contributed by atoms with Crippen LogP contribution in [0.15, 0.2) is 67.1 Å². The number of aryl methyl sites for hydroxylation is 2. The van der Waals surface area contributed by atoms with Crippen LogP contribution in [0.1, 0.15) is 34.0 Å². The molecule has 10 nitrogen and oxygen atoms in total. The van der Waals surface area contributed by atoms with Gasteiger partial charge in [0, 0.05) is 31.4 Å². The molecule has 39 heavy (non-hydrogen) atoms. The number of rotatable bonds is 3. The molecule has 3 aromatic heterocycles. The highest BCUT2D eigenvalue weighted by atomic mass is 16.1. The highest BCUT2D eigenvalue weighted by molar-refractivity contribution is 6.02. The Labute approximate surface area is 225 Å². The maximum atomic E-state index is 11.0. The molecule has 0 saturated heterocycles. The molecule has 10 heteroatoms. The standard InChI is InChI=1S/C22H18N4.C7H9N5O/c1-3-17-11-22-21(12-20(17)18-7-5-4-6-8-18)19(14-23-25-22)10-9-16-13-24-26(2)15-16;8-5-4(6(9)13)7-10-2-1-3-12(7)11-5/h4-8,11-15H,3H2,1-2H3;1,3,10H,2H2,(H2,8,11)(H2,9,13). The highest BCUT2D eigenvalue weighted by Gasteiger charge is 2.20. The maximum absolute atomic E-state index is 11.0. The lowest BCUT2D eigenvalue weighted by molar-refractivity contribution is 0.100. The van der Waals surface area contributed by atoms with Gasteiger partial charge in [0.05, 0.1) is 29.0 Å². The Morgan fingerprint density at radius 2 is 1.97 bits per heavy atom. The predicted octanol–water partition coefficient (Wildman–Crippen LogP) is 3.45. The van der Waals surface area contributed by atoms with Gasteiger partial charge in [-0.2, -0.15) is 15.3 Å². The van der Waals surface area contributed by atoms with Crippen molar-refractivity contribution in [2.24, 2.45) is 12.8 Å². The fourth-order valence-electron chi connectivity index (χ4n) is 4.33. The summed E-state index contributed by atoms with van der Waals surface area (Å²) in [5, 5.41) is 20.5. The predicted molar refractivity (Wildman–Crippen MR) is 153 cm³/mol. The Hall–Kier alpha value is -5.43. The quantitative estimate of drug-likeness (QED) is 0.311. The van der Waals surface area contributed by atoms with Crippen LogP contribution in [0.3, 0.4) is 0 Å². The number of carbonyl (C=O) groups excluding carboxylic acids is 1. The van der Waals surface area contributed by atoms with Crippen molar-refractivity contribution in [2.75, 3.05) is 17.6 Å². The Bertz CT molecular complexity index is 1750. The minimum atomic E-state index is -0.568. The number of nitrogen functional groups attached to an aromatic ring is 1. The van der Waals surface area contributed by atoms with Crippen LogP contribution in [-0.2, 0) is 13.5 Å². The van der Waals surface area contributed by atoms with Gasteiger partial charge in [-0.25, -0.2) is 4.68 Å². The molecule has 0 fully saturated rings. The third-order valence-corrected chi connectivity index (χ3v) is 6.19. The number of aromatic nitrogens is 6. The molecule has 2 aromatic carbocycles. The van der Waals surface area contributed by atoms with E-state index in [1.807, 2.05) is 25.4 Å². The molecule has 5 aromatic rings. The van der Waals surface area contributed by atoms with Gasteiger partial charge in [0.2, 0.25) is 0 Å². The van der Waals surface area contributed by atoms with Crippen LogP contribution in [0, 0.1) is 11.8 Å². The number of fused-ring (bicyclic) bond motifs is 2. The normalized spacial score (nSPS) is 11.5. The van der Waals surface area contributed by atoms with E-state index in [0.717, 1.165) is 28.5 Å². The van der Waals surface area contributed by atoms with Crippen LogP contribution < -0.4 is 16.8 Å². The lowest BCUT2D eigenvalue weighted by Gasteiger charge is -2.10. The van der Waals surface area contributed by atoms with Crippen LogP contribution >= 0.6 is 0 Å². The monoisotopic (exact) mass is 517 g/mol. The van der Waals surface area contributed by atoms with E-state index in [4.69, 9.17) is 11.5 Å². The largest absolute Gasteiger partial charge is 0.381 e. The summed E-state index contributed by atoms with van der Waals surface area (Å²) in [6.45, 7) is 2.80. The fraction of sp³-hybridized carbons (Fsp3) is 0.138. The Morgan fingerprint density at radius 3 is 2.69 bits per heavy atom. The molecule has 0 bridgehead atoms. The summed E-state index contributed by atoms with van der Waals surface area (Å²) in [5.74, 6) is 6.54. The summed E-state index contributed by atoms with van der Waals surface area (Å²) >= 11 is 0. The van der Waals surface area contributed by atoms with E-state index in [9.17, 15) is 4.79 Å². The molecular weight excluding hydrogens is 490 g/mol. The number of nitrogens with one attached hydrogen (secondary N) is 1. The molecule has 6 rings (SSSR count). The lowest BCUT2D eigenvalue weighted by Crippen LogP contribution is -2.17. The summed E-state index contributed by atoms with van der Waals surface area (Å²) in [6.07, 6.45) is 9.92. The SMILES string of the molecule is CCc1cc2nncc(C#Cc3cnn(C)c3)c2cc1-c1ccccc1.NC(=O)c1c(N)nn2c1NCC=C2. The van der Waals surface area contributed by atoms with Gasteiger partial charge in [0.1, 0.15) is 11.4 Å². The van der Waals surface area contributed by atoms with Crippen LogP contribution in [0.5, 0.6) is 0 Å². The molecule has 0 aliphatic carbocycles. The summed E-state index contributed by atoms with van der Waals surface area (Å²) in [6, 6.07) is 14.7. The number of nitrogens with zero attached hydrogens (tertiary/aromatic N) is 6. The molecule has 0 atom stereocenters. The first-order valence-corrected chi connectivity index (χ1v) is 12.4. The van der Waals surface area contributed by atoms with Crippen LogP contribution in [0.25, 0.3) is 28.2 Å². The van der Waals surface area contributed by atoms with Crippen LogP contribution in [0.2, 0.25) is 0 Å². The summed E-state index contributed by atoms with van der Waals surface area (Å²) in [7, 11) is 1.88. The van der Waals surface area contributed by atoms with Crippen molar-refractivity contribution in [2.45, 2.75) is 13.3 Å². The zero-order valence-electron chi connectivity index (χ0n) is 21.6. The smallest absolute Gasteiger partial charge is 0.256 e. The number of primary amides is 1. The molecular formula is C29H27N9O. The lowest BCUT2D eigenvalue weighted by atomic mass is 9.95. The topological polar surface area (TPSA) is 143 Å². The van der Waals surface area contributed by atoms with Crippen molar-refractivity contribution in [3.8, 4) is 23.0 Å². The van der Waals surface area contributed by atoms with Crippen molar-refractivity contribution < 1.29 is 4.79 Å². The number of benzene rings is 2. The summed E-state index contributed by atoms with van der Waals surface area (Å²) in [4.78, 5) is 11.0. The summed E-state index contributed by atoms with van der Waals surface area (Å²) < 4.78 is 3.24. The molecule has 0 radical (unpaired) electrons. The molecule has 0 spiro atoms. The fourth-order valence-corrected chi connectivity index (χ4v) is 4.33. The van der Waals surface area contributed by atoms with E-state index in [1.54, 1.807) is 23.3 Å². The number of carbonyl (C=O) groups is 1. The van der Waals surface area contributed by atoms with Gasteiger partial charge in [-0.3, -0.25) is 9.48 Å². The van der Waals surface area contributed by atoms with Crippen molar-refractivity contribution in [1.29, 1.82) is 0 Å². The minimum absolute atomic E-state index is 0.154. The number of amides is 1. The zero-order valence-corrected chi connectivity index (χ0v) is 21.6. The van der Waals surface area contributed by atoms with E-state index in [0.29, 0.717) is 12.4 Å². The average molecular weight is 518 g/mol. The van der Waals surface area contributed by atoms with Crippen molar-refractivity contribution in [3.63, 3.8) is 0 Å². The average Bonchev–Trinajstić information content (AvgIpc) is 3.53. The number of anilines is 2. The molecule has 4 heterocycles. The molecule has 1 aliphatic heterocycles. The molecule has 0 saturated carbocycles. The maximum Gasteiger partial charge on any atom is 0.256 e. The van der Waals surface area contributed by atoms with Gasteiger partial charge >= 0.3 is 0 Å². The molecule has 0 unspecified atom stereocenters. The molecule has 194 valence electrons. The van der Waals surface area contributed by atoms with E-state index in [2.05, 4.69) is 80.9 Å². The Kier molecular flexibility index (Phi) is 7.05. The number of hydrogen-bond donors (Lipinski definition) is 3. The van der Waals surface area contributed by atoms with Gasteiger partial charge in [-0.05, 0) is 41.3 Å². The van der Waals surface area contributed by atoms with Gasteiger partial charge in [-0.15, -0.1) is 5.10 Å². The summed E-state index contributed by atoms with van der Waals surface area (Å²) in [5.41, 5.74) is 17.2. The van der Waals surface area contributed by atoms with Crippen molar-refractivity contribution in [1.82, 2.24) is 29.8 Å². The molecule has 5 N–H and O–H groups in total. The Morgan fingerprint density at radius 1 is 1.15 bits per heavy atom. The third kappa shape index (κ3) is 5.33. The zero-order chi connectivity index (χ0) is 27.4. The molecule has 1 amide bonds. The first kappa shape index (κ1) is 25.2. The second kappa shape index (κ2) is 10.9. The van der Waals surface area contributed by atoms with Gasteiger partial charge in [0.25, 0.3) is 5.91 Å². The second-order valence-corrected chi connectivity index (χ2v) is 8.84. The van der Waals surface area contributed by atoms with Crippen molar-refractivity contribution in [3.05, 3.63) is 89.4 Å². The number of nitrogens with two attached hydrogens (primary N) is 2. The van der Waals surface area contributed by atoms with Gasteiger partial charge in [-0.1, -0.05) is 49.1 Å². The first-order valence-electron chi connectivity index (χ1n) is 12.4. The Balaban J connectivity index is 0.000000198. The first-order chi connectivity index (χ1) is 18.9. The molecule has 1 aliphatic rings. The van der Waals surface area contributed by atoms with E-state index < -0.39 is 5.91 Å². The van der Waals surface area contributed by atoms with E-state index in [-0.39, 0.29) is 11.4 Å². The minimum Gasteiger partial charge on any atom is -0.381 e. The van der Waals surface area contributed by atoms with Crippen LogP contribution in [0.4, 0.5) is 11.6 Å². The van der Waals surface area contributed by atoms with Crippen LogP contribution in [-0.4, -0.2) is 42.2 Å². The van der Waals surface area contributed by atoms with Crippen molar-refractivity contribution >= 4 is 34.6 Å². The van der Waals surface area contributed by atoms with Gasteiger partial charge in [0.15, 0.2) is 5.82 Å². The van der Waals surface area contributed by atoms with E-state index >= 15 is 0 Å². The van der Waals surface area contributed by atoms with Gasteiger partial charge < -0.3 is 16.8 Å². The third-order valence-electron chi connectivity index (χ3n) is 6.19. The van der Waals surface area contributed by atoms with E-state index in [1.165, 1.54) is 21.4 Å².